The van der Waals surface area contributed by atoms with Gasteiger partial charge in [-0.05, 0) is 34.1 Å². The Morgan fingerprint density at radius 1 is 1.17 bits per heavy atom. The van der Waals surface area contributed by atoms with Gasteiger partial charge in [0.05, 0.1) is 18.1 Å². The monoisotopic (exact) mass is 302 g/mol. The Morgan fingerprint density at radius 2 is 2.06 bits per heavy atom. The zero-order valence-electron chi connectivity index (χ0n) is 9.56. The molecule has 1 N–H and O–H groups in total. The Hall–Kier alpha value is -1.81. The van der Waals surface area contributed by atoms with Crippen molar-refractivity contribution < 1.29 is 4.42 Å². The molecular weight excluding hydrogens is 292 g/mol. The second-order valence-corrected chi connectivity index (χ2v) is 4.79. The molecular formula is C14H11BrN2O. The van der Waals surface area contributed by atoms with Crippen molar-refractivity contribution in [3.8, 4) is 0 Å². The predicted octanol–water partition coefficient (Wildman–Crippen LogP) is 4.20. The number of hydrogen-bond acceptors (Lipinski definition) is 3. The summed E-state index contributed by atoms with van der Waals surface area (Å²) in [5, 5.41) is 4.47. The van der Waals surface area contributed by atoms with Gasteiger partial charge in [0, 0.05) is 17.5 Å². The third-order valence-corrected chi connectivity index (χ3v) is 3.24. The van der Waals surface area contributed by atoms with Crippen LogP contribution in [0.15, 0.2) is 57.9 Å². The number of para-hydroxylation sites is 1. The maximum Gasteiger partial charge on any atom is 0.134 e. The molecule has 3 aromatic rings. The molecule has 2 aromatic heterocycles. The molecule has 4 heteroatoms. The Kier molecular flexibility index (Phi) is 3.02. The van der Waals surface area contributed by atoms with E-state index in [4.69, 9.17) is 4.42 Å². The van der Waals surface area contributed by atoms with E-state index in [9.17, 15) is 0 Å². The van der Waals surface area contributed by atoms with E-state index < -0.39 is 0 Å². The first-order valence-corrected chi connectivity index (χ1v) is 6.43. The van der Waals surface area contributed by atoms with Crippen molar-refractivity contribution in [2.24, 2.45) is 0 Å². The van der Waals surface area contributed by atoms with Crippen molar-refractivity contribution in [2.45, 2.75) is 6.54 Å². The van der Waals surface area contributed by atoms with Crippen LogP contribution < -0.4 is 5.32 Å². The quantitative estimate of drug-likeness (QED) is 0.737. The normalized spacial score (nSPS) is 10.7. The number of pyridine rings is 1. The number of halogens is 1. The highest BCUT2D eigenvalue weighted by molar-refractivity contribution is 9.10. The first-order chi connectivity index (χ1) is 8.83. The lowest BCUT2D eigenvalue weighted by atomic mass is 10.2. The van der Waals surface area contributed by atoms with Crippen molar-refractivity contribution in [3.05, 3.63) is 59.0 Å². The topological polar surface area (TPSA) is 38.1 Å². The van der Waals surface area contributed by atoms with Crippen molar-refractivity contribution in [2.75, 3.05) is 5.32 Å². The maximum absolute atomic E-state index is 5.49. The zero-order valence-corrected chi connectivity index (χ0v) is 11.1. The fourth-order valence-electron chi connectivity index (χ4n) is 1.85. The summed E-state index contributed by atoms with van der Waals surface area (Å²) in [7, 11) is 0. The van der Waals surface area contributed by atoms with Crippen LogP contribution in [0, 0.1) is 0 Å². The summed E-state index contributed by atoms with van der Waals surface area (Å²) in [5.74, 6) is 0. The van der Waals surface area contributed by atoms with Gasteiger partial charge in [0.2, 0.25) is 0 Å². The van der Waals surface area contributed by atoms with E-state index in [0.717, 1.165) is 33.4 Å². The third kappa shape index (κ3) is 2.24. The minimum atomic E-state index is 0.723. The molecule has 0 atom stereocenters. The fraction of sp³-hybridized carbons (Fsp3) is 0.0714. The molecule has 0 aliphatic rings. The van der Waals surface area contributed by atoms with Crippen molar-refractivity contribution in [1.82, 2.24) is 4.98 Å². The molecule has 0 saturated carbocycles. The highest BCUT2D eigenvalue weighted by Gasteiger charge is 2.04. The highest BCUT2D eigenvalue weighted by atomic mass is 79.9. The molecule has 0 unspecified atom stereocenters. The van der Waals surface area contributed by atoms with E-state index in [1.807, 2.05) is 30.3 Å². The van der Waals surface area contributed by atoms with Crippen LogP contribution >= 0.6 is 15.9 Å². The molecule has 0 bridgehead atoms. The SMILES string of the molecule is Brc1ccc(NCc2coc3ccccc23)cn1. The summed E-state index contributed by atoms with van der Waals surface area (Å²) in [6.07, 6.45) is 3.59. The molecule has 0 fully saturated rings. The van der Waals surface area contributed by atoms with Crippen LogP contribution in [0.3, 0.4) is 0 Å². The third-order valence-electron chi connectivity index (χ3n) is 2.77. The van der Waals surface area contributed by atoms with E-state index in [-0.39, 0.29) is 0 Å². The number of aromatic nitrogens is 1. The molecule has 0 aliphatic heterocycles. The minimum absolute atomic E-state index is 0.723. The Bertz CT molecular complexity index is 661. The van der Waals surface area contributed by atoms with E-state index >= 15 is 0 Å². The smallest absolute Gasteiger partial charge is 0.134 e. The fourth-order valence-corrected chi connectivity index (χ4v) is 2.08. The van der Waals surface area contributed by atoms with Crippen molar-refractivity contribution in [1.29, 1.82) is 0 Å². The van der Waals surface area contributed by atoms with Gasteiger partial charge >= 0.3 is 0 Å². The van der Waals surface area contributed by atoms with E-state index in [2.05, 4.69) is 32.3 Å². The summed E-state index contributed by atoms with van der Waals surface area (Å²) >= 11 is 3.31. The molecule has 0 aliphatic carbocycles. The van der Waals surface area contributed by atoms with Gasteiger partial charge in [-0.3, -0.25) is 0 Å². The lowest BCUT2D eigenvalue weighted by Crippen LogP contribution is -1.98. The molecule has 0 amide bonds. The van der Waals surface area contributed by atoms with Gasteiger partial charge in [0.1, 0.15) is 10.2 Å². The summed E-state index contributed by atoms with van der Waals surface area (Å²) in [5.41, 5.74) is 3.06. The van der Waals surface area contributed by atoms with E-state index in [0.29, 0.717) is 0 Å². The number of nitrogens with zero attached hydrogens (tertiary/aromatic N) is 1. The summed E-state index contributed by atoms with van der Waals surface area (Å²) < 4.78 is 6.33. The molecule has 0 radical (unpaired) electrons. The molecule has 3 nitrogen and oxygen atoms in total. The second-order valence-electron chi connectivity index (χ2n) is 3.98. The standard InChI is InChI=1S/C14H11BrN2O/c15-14-6-5-11(8-17-14)16-7-10-9-18-13-4-2-1-3-12(10)13/h1-6,8-9,16H,7H2. The van der Waals surface area contributed by atoms with Crippen LogP contribution in [0.25, 0.3) is 11.0 Å². The summed E-state index contributed by atoms with van der Waals surface area (Å²) in [4.78, 5) is 4.17. The Labute approximate surface area is 113 Å². The molecule has 90 valence electrons. The van der Waals surface area contributed by atoms with Crippen LogP contribution in [0.1, 0.15) is 5.56 Å². The summed E-state index contributed by atoms with van der Waals surface area (Å²) in [6, 6.07) is 11.9. The number of rotatable bonds is 3. The molecule has 3 rings (SSSR count). The van der Waals surface area contributed by atoms with Gasteiger partial charge in [0.25, 0.3) is 0 Å². The molecule has 0 saturated heterocycles. The predicted molar refractivity (Wildman–Crippen MR) is 75.5 cm³/mol. The average Bonchev–Trinajstić information content (AvgIpc) is 2.82. The molecule has 0 spiro atoms. The van der Waals surface area contributed by atoms with E-state index in [1.54, 1.807) is 12.5 Å². The zero-order chi connectivity index (χ0) is 12.4. The highest BCUT2D eigenvalue weighted by Crippen LogP contribution is 2.21. The van der Waals surface area contributed by atoms with Crippen molar-refractivity contribution >= 4 is 32.6 Å². The maximum atomic E-state index is 5.49. The number of anilines is 1. The number of fused-ring (bicyclic) bond motifs is 1. The Morgan fingerprint density at radius 3 is 2.89 bits per heavy atom. The van der Waals surface area contributed by atoms with Gasteiger partial charge in [-0.25, -0.2) is 4.98 Å². The van der Waals surface area contributed by atoms with Crippen LogP contribution in [-0.2, 0) is 6.54 Å². The largest absolute Gasteiger partial charge is 0.464 e. The van der Waals surface area contributed by atoms with Crippen LogP contribution in [0.4, 0.5) is 5.69 Å². The minimum Gasteiger partial charge on any atom is -0.464 e. The molecule has 2 heterocycles. The molecule has 18 heavy (non-hydrogen) atoms. The molecule has 1 aromatic carbocycles. The average molecular weight is 303 g/mol. The van der Waals surface area contributed by atoms with Crippen LogP contribution in [0.5, 0.6) is 0 Å². The van der Waals surface area contributed by atoms with Crippen molar-refractivity contribution in [3.63, 3.8) is 0 Å². The number of furan rings is 1. The summed E-state index contributed by atoms with van der Waals surface area (Å²) in [6.45, 7) is 0.723. The van der Waals surface area contributed by atoms with Gasteiger partial charge in [-0.1, -0.05) is 18.2 Å². The number of benzene rings is 1. The van der Waals surface area contributed by atoms with Crippen LogP contribution in [0.2, 0.25) is 0 Å². The lowest BCUT2D eigenvalue weighted by molar-refractivity contribution is 0.611. The van der Waals surface area contributed by atoms with Gasteiger partial charge in [-0.2, -0.15) is 0 Å². The van der Waals surface area contributed by atoms with Crippen LogP contribution in [-0.4, -0.2) is 4.98 Å². The van der Waals surface area contributed by atoms with Gasteiger partial charge in [-0.15, -0.1) is 0 Å². The lowest BCUT2D eigenvalue weighted by Gasteiger charge is -2.04. The first-order valence-electron chi connectivity index (χ1n) is 5.63. The van der Waals surface area contributed by atoms with Gasteiger partial charge < -0.3 is 9.73 Å². The number of nitrogens with one attached hydrogen (secondary N) is 1. The Balaban J connectivity index is 1.79. The second kappa shape index (κ2) is 4.82. The van der Waals surface area contributed by atoms with E-state index in [1.165, 1.54) is 0 Å². The van der Waals surface area contributed by atoms with Gasteiger partial charge in [0.15, 0.2) is 0 Å². The first kappa shape index (κ1) is 11.3. The number of hydrogen-bond donors (Lipinski definition) is 1.